The maximum Gasteiger partial charge on any atom is 0.299 e. The van der Waals surface area contributed by atoms with Gasteiger partial charge in [0.2, 0.25) is 0 Å². The summed E-state index contributed by atoms with van der Waals surface area (Å²) in [5, 5.41) is 13.7. The van der Waals surface area contributed by atoms with E-state index in [2.05, 4.69) is 9.63 Å². The third-order valence-electron chi connectivity index (χ3n) is 2.26. The Hall–Kier alpha value is -2.25. The number of rotatable bonds is 3. The number of nitrogens with zero attached hydrogens (tertiary/aromatic N) is 3. The van der Waals surface area contributed by atoms with Crippen molar-refractivity contribution in [2.24, 2.45) is 9.63 Å². The van der Waals surface area contributed by atoms with Gasteiger partial charge in [0.15, 0.2) is 0 Å². The van der Waals surface area contributed by atoms with E-state index < -0.39 is 10.0 Å². The second-order valence-corrected chi connectivity index (χ2v) is 5.17. The Labute approximate surface area is 110 Å². The molecule has 2 rings (SSSR count). The number of allylic oxidation sites excluding steroid dienone is 3. The molecule has 1 aromatic carbocycles. The molecule has 0 aliphatic carbocycles. The highest BCUT2D eigenvalue weighted by Gasteiger charge is 2.11. The summed E-state index contributed by atoms with van der Waals surface area (Å²) >= 11 is 0. The fraction of sp³-hybridized carbons (Fsp3) is 0. The Morgan fingerprint density at radius 1 is 1.16 bits per heavy atom. The first-order valence-electron chi connectivity index (χ1n) is 5.35. The van der Waals surface area contributed by atoms with E-state index in [1.54, 1.807) is 36.4 Å². The van der Waals surface area contributed by atoms with Gasteiger partial charge in [-0.05, 0) is 24.3 Å². The second-order valence-electron chi connectivity index (χ2n) is 3.58. The van der Waals surface area contributed by atoms with Crippen molar-refractivity contribution in [1.29, 1.82) is 0 Å². The number of hydrogen-bond acceptors (Lipinski definition) is 5. The molecule has 0 bridgehead atoms. The van der Waals surface area contributed by atoms with Crippen LogP contribution in [0.3, 0.4) is 0 Å². The van der Waals surface area contributed by atoms with E-state index in [0.29, 0.717) is 5.70 Å². The highest BCUT2D eigenvalue weighted by molar-refractivity contribution is 7.90. The van der Waals surface area contributed by atoms with Crippen LogP contribution in [0.5, 0.6) is 0 Å². The molecule has 0 unspecified atom stereocenters. The molecule has 7 heteroatoms. The van der Waals surface area contributed by atoms with Gasteiger partial charge in [0, 0.05) is 6.20 Å². The van der Waals surface area contributed by atoms with Crippen LogP contribution in [0.15, 0.2) is 81.2 Å². The van der Waals surface area contributed by atoms with Crippen LogP contribution >= 0.6 is 0 Å². The van der Waals surface area contributed by atoms with E-state index >= 15 is 0 Å². The molecule has 6 nitrogen and oxygen atoms in total. The summed E-state index contributed by atoms with van der Waals surface area (Å²) in [5.74, 6) is 0. The van der Waals surface area contributed by atoms with Crippen molar-refractivity contribution in [1.82, 2.24) is 5.06 Å². The molecule has 0 saturated carbocycles. The van der Waals surface area contributed by atoms with Crippen molar-refractivity contribution in [3.63, 3.8) is 0 Å². The van der Waals surface area contributed by atoms with Crippen LogP contribution in [0.25, 0.3) is 0 Å². The minimum Gasteiger partial charge on any atom is -0.284 e. The monoisotopic (exact) mass is 277 g/mol. The quantitative estimate of drug-likeness (QED) is 0.860. The average Bonchev–Trinajstić information content (AvgIpc) is 2.42. The molecular weight excluding hydrogens is 266 g/mol. The van der Waals surface area contributed by atoms with Gasteiger partial charge in [-0.15, -0.1) is 5.11 Å². The molecule has 0 aromatic heterocycles. The van der Waals surface area contributed by atoms with Crippen LogP contribution in [0.1, 0.15) is 0 Å². The molecule has 98 valence electrons. The molecule has 0 spiro atoms. The fourth-order valence-electron chi connectivity index (χ4n) is 1.33. The summed E-state index contributed by atoms with van der Waals surface area (Å²) in [7, 11) is -3.81. The maximum absolute atomic E-state index is 11.8. The van der Waals surface area contributed by atoms with Gasteiger partial charge in [-0.3, -0.25) is 5.21 Å². The molecule has 1 aliphatic rings. The number of sulfonamides is 1. The van der Waals surface area contributed by atoms with E-state index in [-0.39, 0.29) is 4.90 Å². The van der Waals surface area contributed by atoms with E-state index in [1.807, 2.05) is 0 Å². The van der Waals surface area contributed by atoms with Gasteiger partial charge in [0.05, 0.1) is 16.8 Å². The first kappa shape index (κ1) is 13.2. The van der Waals surface area contributed by atoms with Crippen molar-refractivity contribution in [2.75, 3.05) is 0 Å². The van der Waals surface area contributed by atoms with Crippen molar-refractivity contribution in [3.05, 3.63) is 66.7 Å². The van der Waals surface area contributed by atoms with Crippen molar-refractivity contribution < 1.29 is 13.6 Å². The lowest BCUT2D eigenvalue weighted by Gasteiger charge is -2.13. The Morgan fingerprint density at radius 2 is 1.89 bits per heavy atom. The van der Waals surface area contributed by atoms with Crippen LogP contribution in [-0.2, 0) is 10.0 Å². The number of hydroxylamine groups is 2. The van der Waals surface area contributed by atoms with Crippen LogP contribution in [0, 0.1) is 0 Å². The van der Waals surface area contributed by atoms with Crippen molar-refractivity contribution in [2.45, 2.75) is 4.90 Å². The first-order valence-corrected chi connectivity index (χ1v) is 6.79. The fourth-order valence-corrected chi connectivity index (χ4v) is 2.10. The van der Waals surface area contributed by atoms with Gasteiger partial charge in [0.1, 0.15) is 0 Å². The third kappa shape index (κ3) is 3.36. The largest absolute Gasteiger partial charge is 0.299 e. The molecule has 1 heterocycles. The van der Waals surface area contributed by atoms with Crippen LogP contribution in [0.2, 0.25) is 0 Å². The minimum atomic E-state index is -3.81. The predicted molar refractivity (Wildman–Crippen MR) is 68.5 cm³/mol. The van der Waals surface area contributed by atoms with Gasteiger partial charge in [-0.1, -0.05) is 28.8 Å². The zero-order valence-electron chi connectivity index (χ0n) is 9.79. The Bertz CT molecular complexity index is 661. The molecule has 1 aliphatic heterocycles. The lowest BCUT2D eigenvalue weighted by Crippen LogP contribution is -2.10. The minimum absolute atomic E-state index is 0.0667. The molecule has 0 amide bonds. The molecule has 0 radical (unpaired) electrons. The van der Waals surface area contributed by atoms with E-state index in [4.69, 9.17) is 0 Å². The van der Waals surface area contributed by atoms with Gasteiger partial charge in [-0.25, -0.2) is 5.06 Å². The molecular formula is C12H11N3O3S. The molecule has 0 atom stereocenters. The summed E-state index contributed by atoms with van der Waals surface area (Å²) in [6.45, 7) is 0. The van der Waals surface area contributed by atoms with E-state index in [1.165, 1.54) is 18.3 Å². The molecule has 0 saturated heterocycles. The summed E-state index contributed by atoms with van der Waals surface area (Å²) < 4.78 is 26.8. The van der Waals surface area contributed by atoms with E-state index in [0.717, 1.165) is 11.3 Å². The van der Waals surface area contributed by atoms with Crippen LogP contribution < -0.4 is 0 Å². The summed E-state index contributed by atoms with van der Waals surface area (Å²) in [5.41, 5.74) is 0.314. The SMILES string of the molecule is O=S(=O)(N=NC=C1C=CC=CN1O)c1ccccc1. The number of benzene rings is 1. The molecule has 0 fully saturated rings. The zero-order valence-corrected chi connectivity index (χ0v) is 10.6. The Balaban J connectivity index is 2.18. The summed E-state index contributed by atoms with van der Waals surface area (Å²) in [4.78, 5) is 0.0667. The normalized spacial score (nSPS) is 17.5. The lowest BCUT2D eigenvalue weighted by atomic mass is 10.3. The van der Waals surface area contributed by atoms with Crippen LogP contribution in [0.4, 0.5) is 0 Å². The standard InChI is InChI=1S/C12H11N3O3S/c16-15-9-5-4-6-11(15)10-13-14-19(17,18)12-7-2-1-3-8-12/h1-10,16H. The second kappa shape index (κ2) is 5.59. The highest BCUT2D eigenvalue weighted by Crippen LogP contribution is 2.13. The van der Waals surface area contributed by atoms with Gasteiger partial charge in [-0.2, -0.15) is 8.42 Å². The van der Waals surface area contributed by atoms with Crippen LogP contribution in [-0.4, -0.2) is 18.7 Å². The summed E-state index contributed by atoms with van der Waals surface area (Å²) in [6.07, 6.45) is 7.41. The molecule has 19 heavy (non-hydrogen) atoms. The Morgan fingerprint density at radius 3 is 2.58 bits per heavy atom. The topological polar surface area (TPSA) is 82.3 Å². The van der Waals surface area contributed by atoms with Gasteiger partial charge >= 0.3 is 0 Å². The lowest BCUT2D eigenvalue weighted by molar-refractivity contribution is -0.000512. The maximum atomic E-state index is 11.8. The van der Waals surface area contributed by atoms with E-state index in [9.17, 15) is 13.6 Å². The van der Waals surface area contributed by atoms with Crippen molar-refractivity contribution in [3.8, 4) is 0 Å². The number of hydrogen-bond donors (Lipinski definition) is 1. The smallest absolute Gasteiger partial charge is 0.284 e. The first-order chi connectivity index (χ1) is 9.09. The Kier molecular flexibility index (Phi) is 3.88. The van der Waals surface area contributed by atoms with Gasteiger partial charge < -0.3 is 0 Å². The van der Waals surface area contributed by atoms with Gasteiger partial charge in [0.25, 0.3) is 10.0 Å². The summed E-state index contributed by atoms with van der Waals surface area (Å²) in [6, 6.07) is 7.78. The zero-order chi connectivity index (χ0) is 13.7. The highest BCUT2D eigenvalue weighted by atomic mass is 32.2. The third-order valence-corrected chi connectivity index (χ3v) is 3.43. The molecule has 1 N–H and O–H groups in total. The van der Waals surface area contributed by atoms with Crippen molar-refractivity contribution >= 4 is 10.0 Å². The average molecular weight is 277 g/mol. The predicted octanol–water partition coefficient (Wildman–Crippen LogP) is 2.44. The molecule has 1 aromatic rings.